The molecule has 5 heteroatoms. The van der Waals surface area contributed by atoms with E-state index in [2.05, 4.69) is 0 Å². The van der Waals surface area contributed by atoms with Crippen LogP contribution in [0, 0.1) is 0 Å². The van der Waals surface area contributed by atoms with Crippen molar-refractivity contribution in [2.45, 2.75) is 31.2 Å². The van der Waals surface area contributed by atoms with E-state index < -0.39 is 0 Å². The van der Waals surface area contributed by atoms with Gasteiger partial charge in [-0.1, -0.05) is 0 Å². The number of rotatable bonds is 5. The predicted octanol–water partition coefficient (Wildman–Crippen LogP) is -0.492. The highest BCUT2D eigenvalue weighted by molar-refractivity contribution is 4.77. The molecule has 1 aliphatic heterocycles. The van der Waals surface area contributed by atoms with Crippen molar-refractivity contribution in [2.24, 2.45) is 0 Å². The lowest BCUT2D eigenvalue weighted by Crippen LogP contribution is -2.40. The SMILES string of the molecule is COCOC1C[C@@H](CO)O[C@@H](CO)C1. The van der Waals surface area contributed by atoms with E-state index in [1.807, 2.05) is 0 Å². The predicted molar refractivity (Wildman–Crippen MR) is 48.8 cm³/mol. The van der Waals surface area contributed by atoms with Gasteiger partial charge in [0, 0.05) is 20.0 Å². The number of aliphatic hydroxyl groups excluding tert-OH is 2. The third-order valence-corrected chi connectivity index (χ3v) is 2.27. The number of hydrogen-bond acceptors (Lipinski definition) is 5. The molecular formula is C9H18O5. The molecule has 0 aromatic heterocycles. The highest BCUT2D eigenvalue weighted by Crippen LogP contribution is 2.21. The van der Waals surface area contributed by atoms with E-state index >= 15 is 0 Å². The molecular weight excluding hydrogens is 188 g/mol. The van der Waals surface area contributed by atoms with Gasteiger partial charge in [-0.15, -0.1) is 0 Å². The van der Waals surface area contributed by atoms with Crippen LogP contribution in [0.5, 0.6) is 0 Å². The first-order chi connectivity index (χ1) is 6.80. The normalized spacial score (nSPS) is 33.2. The van der Waals surface area contributed by atoms with E-state index in [4.69, 9.17) is 24.4 Å². The molecule has 0 aromatic rings. The van der Waals surface area contributed by atoms with Crippen molar-refractivity contribution >= 4 is 0 Å². The Morgan fingerprint density at radius 2 is 1.79 bits per heavy atom. The first-order valence-corrected chi connectivity index (χ1v) is 4.77. The van der Waals surface area contributed by atoms with E-state index in [1.54, 1.807) is 7.11 Å². The van der Waals surface area contributed by atoms with Gasteiger partial charge in [0.2, 0.25) is 0 Å². The van der Waals surface area contributed by atoms with Gasteiger partial charge in [-0.3, -0.25) is 0 Å². The van der Waals surface area contributed by atoms with Crippen LogP contribution in [0.1, 0.15) is 12.8 Å². The van der Waals surface area contributed by atoms with Gasteiger partial charge in [-0.25, -0.2) is 0 Å². The zero-order valence-corrected chi connectivity index (χ0v) is 8.39. The number of aliphatic hydroxyl groups is 2. The Hall–Kier alpha value is -0.200. The van der Waals surface area contributed by atoms with Crippen molar-refractivity contribution in [2.75, 3.05) is 27.1 Å². The second-order valence-corrected chi connectivity index (χ2v) is 3.41. The molecule has 2 N–H and O–H groups in total. The molecule has 1 heterocycles. The maximum Gasteiger partial charge on any atom is 0.146 e. The van der Waals surface area contributed by atoms with Gasteiger partial charge in [0.25, 0.3) is 0 Å². The highest BCUT2D eigenvalue weighted by Gasteiger charge is 2.29. The zero-order chi connectivity index (χ0) is 10.4. The molecule has 0 saturated carbocycles. The van der Waals surface area contributed by atoms with Crippen LogP contribution in [0.4, 0.5) is 0 Å². The molecule has 0 amide bonds. The molecule has 14 heavy (non-hydrogen) atoms. The monoisotopic (exact) mass is 206 g/mol. The molecule has 1 saturated heterocycles. The maximum absolute atomic E-state index is 8.95. The first-order valence-electron chi connectivity index (χ1n) is 4.77. The molecule has 84 valence electrons. The van der Waals surface area contributed by atoms with Crippen LogP contribution < -0.4 is 0 Å². The Kier molecular flexibility index (Phi) is 5.36. The summed E-state index contributed by atoms with van der Waals surface area (Å²) >= 11 is 0. The van der Waals surface area contributed by atoms with Gasteiger partial charge in [0.05, 0.1) is 31.5 Å². The van der Waals surface area contributed by atoms with Crippen LogP contribution in [0.15, 0.2) is 0 Å². The van der Waals surface area contributed by atoms with Crippen LogP contribution in [0.25, 0.3) is 0 Å². The quantitative estimate of drug-likeness (QED) is 0.594. The van der Waals surface area contributed by atoms with Crippen molar-refractivity contribution in [1.82, 2.24) is 0 Å². The summed E-state index contributed by atoms with van der Waals surface area (Å²) in [5.74, 6) is 0. The summed E-state index contributed by atoms with van der Waals surface area (Å²) in [7, 11) is 1.56. The third-order valence-electron chi connectivity index (χ3n) is 2.27. The number of hydrogen-bond donors (Lipinski definition) is 2. The summed E-state index contributed by atoms with van der Waals surface area (Å²) in [5.41, 5.74) is 0. The Bertz CT molecular complexity index is 140. The van der Waals surface area contributed by atoms with Gasteiger partial charge in [-0.05, 0) is 0 Å². The molecule has 0 spiro atoms. The molecule has 0 bridgehead atoms. The second kappa shape index (κ2) is 6.31. The molecule has 1 unspecified atom stereocenters. The molecule has 1 rings (SSSR count). The van der Waals surface area contributed by atoms with Crippen molar-refractivity contribution in [3.63, 3.8) is 0 Å². The summed E-state index contributed by atoms with van der Waals surface area (Å²) in [6.07, 6.45) is 0.829. The zero-order valence-electron chi connectivity index (χ0n) is 8.39. The Morgan fingerprint density at radius 1 is 1.21 bits per heavy atom. The van der Waals surface area contributed by atoms with Crippen LogP contribution in [0.3, 0.4) is 0 Å². The lowest BCUT2D eigenvalue weighted by atomic mass is 10.0. The van der Waals surface area contributed by atoms with E-state index in [-0.39, 0.29) is 38.3 Å². The van der Waals surface area contributed by atoms with Crippen LogP contribution >= 0.6 is 0 Å². The standard InChI is InChI=1S/C9H18O5/c1-12-6-13-7-2-8(4-10)14-9(3-7)5-11/h7-11H,2-6H2,1H3/t7?,8-,9+. The van der Waals surface area contributed by atoms with Gasteiger partial charge < -0.3 is 24.4 Å². The smallest absolute Gasteiger partial charge is 0.146 e. The summed E-state index contributed by atoms with van der Waals surface area (Å²) in [4.78, 5) is 0. The van der Waals surface area contributed by atoms with Crippen LogP contribution in [-0.4, -0.2) is 55.6 Å². The van der Waals surface area contributed by atoms with E-state index in [9.17, 15) is 0 Å². The Labute approximate surface area is 83.6 Å². The Balaban J connectivity index is 2.35. The number of ether oxygens (including phenoxy) is 3. The molecule has 0 aromatic carbocycles. The van der Waals surface area contributed by atoms with Crippen LogP contribution in [0.2, 0.25) is 0 Å². The lowest BCUT2D eigenvalue weighted by molar-refractivity contribution is -0.163. The minimum atomic E-state index is -0.234. The molecule has 1 fully saturated rings. The van der Waals surface area contributed by atoms with Crippen molar-refractivity contribution < 1.29 is 24.4 Å². The highest BCUT2D eigenvalue weighted by atomic mass is 16.7. The summed E-state index contributed by atoms with van der Waals surface area (Å²) < 4.78 is 15.5. The molecule has 3 atom stereocenters. The molecule has 0 radical (unpaired) electrons. The average Bonchev–Trinajstić information content (AvgIpc) is 2.25. The van der Waals surface area contributed by atoms with Gasteiger partial charge in [-0.2, -0.15) is 0 Å². The topological polar surface area (TPSA) is 68.2 Å². The second-order valence-electron chi connectivity index (χ2n) is 3.41. The van der Waals surface area contributed by atoms with Gasteiger partial charge in [0.15, 0.2) is 0 Å². The summed E-state index contributed by atoms with van der Waals surface area (Å²) in [6.45, 7) is 0.160. The summed E-state index contributed by atoms with van der Waals surface area (Å²) in [6, 6.07) is 0. The van der Waals surface area contributed by atoms with Crippen LogP contribution in [-0.2, 0) is 14.2 Å². The maximum atomic E-state index is 8.95. The minimum Gasteiger partial charge on any atom is -0.394 e. The fraction of sp³-hybridized carbons (Fsp3) is 1.00. The largest absolute Gasteiger partial charge is 0.394 e. The fourth-order valence-corrected chi connectivity index (χ4v) is 1.60. The summed E-state index contributed by atoms with van der Waals surface area (Å²) in [5, 5.41) is 17.9. The minimum absolute atomic E-state index is 0.00185. The van der Waals surface area contributed by atoms with Gasteiger partial charge >= 0.3 is 0 Å². The van der Waals surface area contributed by atoms with E-state index in [0.29, 0.717) is 12.8 Å². The van der Waals surface area contributed by atoms with E-state index in [0.717, 1.165) is 0 Å². The lowest BCUT2D eigenvalue weighted by Gasteiger charge is -2.33. The molecule has 0 aliphatic carbocycles. The van der Waals surface area contributed by atoms with Crippen molar-refractivity contribution in [3.8, 4) is 0 Å². The average molecular weight is 206 g/mol. The number of methoxy groups -OCH3 is 1. The first kappa shape index (κ1) is 11.9. The third kappa shape index (κ3) is 3.51. The fourth-order valence-electron chi connectivity index (χ4n) is 1.60. The molecule has 1 aliphatic rings. The molecule has 5 nitrogen and oxygen atoms in total. The van der Waals surface area contributed by atoms with Gasteiger partial charge in [0.1, 0.15) is 6.79 Å². The van der Waals surface area contributed by atoms with E-state index in [1.165, 1.54) is 0 Å². The Morgan fingerprint density at radius 3 is 2.21 bits per heavy atom. The van der Waals surface area contributed by atoms with Crippen molar-refractivity contribution in [1.29, 1.82) is 0 Å². The van der Waals surface area contributed by atoms with Crippen molar-refractivity contribution in [3.05, 3.63) is 0 Å².